The van der Waals surface area contributed by atoms with Crippen molar-refractivity contribution in [2.24, 2.45) is 0 Å². The largest absolute Gasteiger partial charge is 0.466 e. The van der Waals surface area contributed by atoms with Crippen LogP contribution in [0.4, 0.5) is 14.5 Å². The molecule has 0 atom stereocenters. The van der Waals surface area contributed by atoms with Crippen LogP contribution in [-0.4, -0.2) is 22.5 Å². The van der Waals surface area contributed by atoms with Gasteiger partial charge in [-0.25, -0.2) is 8.78 Å². The third-order valence-electron chi connectivity index (χ3n) is 2.42. The maximum Gasteiger partial charge on any atom is 0.310 e. The fraction of sp³-hybridized carbons (Fsp3) is 0.455. The van der Waals surface area contributed by atoms with E-state index < -0.39 is 35.0 Å². The van der Waals surface area contributed by atoms with Crippen LogP contribution in [0.15, 0.2) is 6.20 Å². The molecule has 0 bridgehead atoms. The molecular weight excluding hydrogens is 262 g/mol. The van der Waals surface area contributed by atoms with Crippen molar-refractivity contribution in [3.63, 3.8) is 0 Å². The molecule has 0 saturated carbocycles. The first-order valence-electron chi connectivity index (χ1n) is 5.45. The lowest BCUT2D eigenvalue weighted by Crippen LogP contribution is -2.13. The van der Waals surface area contributed by atoms with Crippen LogP contribution in [0.2, 0.25) is 0 Å². The van der Waals surface area contributed by atoms with Gasteiger partial charge >= 0.3 is 5.97 Å². The molecule has 1 rings (SSSR count). The number of rotatable bonds is 5. The second-order valence-corrected chi connectivity index (χ2v) is 3.67. The van der Waals surface area contributed by atoms with Crippen molar-refractivity contribution in [2.75, 3.05) is 6.61 Å². The molecule has 0 saturated heterocycles. The normalized spacial score (nSPS) is 10.6. The van der Waals surface area contributed by atoms with Gasteiger partial charge < -0.3 is 4.74 Å². The van der Waals surface area contributed by atoms with Gasteiger partial charge in [-0.2, -0.15) is 0 Å². The van der Waals surface area contributed by atoms with Crippen molar-refractivity contribution < 1.29 is 23.2 Å². The summed E-state index contributed by atoms with van der Waals surface area (Å²) in [5, 5.41) is 10.9. The Bertz CT molecular complexity index is 506. The molecule has 0 N–H and O–H groups in total. The molecule has 1 aromatic heterocycles. The van der Waals surface area contributed by atoms with Crippen LogP contribution < -0.4 is 0 Å². The van der Waals surface area contributed by atoms with Crippen molar-refractivity contribution in [2.45, 2.75) is 26.7 Å². The van der Waals surface area contributed by atoms with Crippen LogP contribution in [0.1, 0.15) is 30.2 Å². The summed E-state index contributed by atoms with van der Waals surface area (Å²) < 4.78 is 30.3. The molecule has 0 amide bonds. The maximum absolute atomic E-state index is 12.8. The molecule has 104 valence electrons. The molecule has 8 heteroatoms. The summed E-state index contributed by atoms with van der Waals surface area (Å²) in [6.07, 6.45) is -2.68. The Morgan fingerprint density at radius 3 is 2.68 bits per heavy atom. The van der Waals surface area contributed by atoms with E-state index in [4.69, 9.17) is 0 Å². The summed E-state index contributed by atoms with van der Waals surface area (Å²) in [5.74, 6) is -0.793. The van der Waals surface area contributed by atoms with Gasteiger partial charge in [0.1, 0.15) is 5.69 Å². The van der Waals surface area contributed by atoms with Crippen LogP contribution in [0, 0.1) is 17.0 Å². The molecule has 0 unspecified atom stereocenters. The van der Waals surface area contributed by atoms with E-state index in [9.17, 15) is 23.7 Å². The number of halogens is 2. The monoisotopic (exact) mass is 274 g/mol. The Kier molecular flexibility index (Phi) is 4.85. The Morgan fingerprint density at radius 1 is 1.58 bits per heavy atom. The van der Waals surface area contributed by atoms with E-state index >= 15 is 0 Å². The summed E-state index contributed by atoms with van der Waals surface area (Å²) in [5.41, 5.74) is -1.55. The molecule has 0 spiro atoms. The van der Waals surface area contributed by atoms with Crippen LogP contribution >= 0.6 is 0 Å². The van der Waals surface area contributed by atoms with Gasteiger partial charge in [-0.3, -0.25) is 19.9 Å². The highest BCUT2D eigenvalue weighted by atomic mass is 19.3. The molecular formula is C11H12F2N2O4. The molecule has 0 aromatic carbocycles. The van der Waals surface area contributed by atoms with E-state index in [0.717, 1.165) is 6.20 Å². The quantitative estimate of drug-likeness (QED) is 0.467. The zero-order chi connectivity index (χ0) is 14.6. The summed E-state index contributed by atoms with van der Waals surface area (Å²) >= 11 is 0. The Balaban J connectivity index is 3.33. The van der Waals surface area contributed by atoms with E-state index in [1.807, 2.05) is 0 Å². The molecule has 19 heavy (non-hydrogen) atoms. The highest BCUT2D eigenvalue weighted by molar-refractivity contribution is 5.75. The zero-order valence-corrected chi connectivity index (χ0v) is 10.4. The molecule has 0 radical (unpaired) electrons. The van der Waals surface area contributed by atoms with Crippen molar-refractivity contribution in [3.8, 4) is 0 Å². The van der Waals surface area contributed by atoms with Crippen LogP contribution in [0.3, 0.4) is 0 Å². The first kappa shape index (κ1) is 14.9. The molecule has 0 aliphatic heterocycles. The van der Waals surface area contributed by atoms with Gasteiger partial charge in [0.05, 0.1) is 23.5 Å². The average molecular weight is 274 g/mol. The van der Waals surface area contributed by atoms with E-state index in [-0.39, 0.29) is 17.9 Å². The van der Waals surface area contributed by atoms with Gasteiger partial charge in [0, 0.05) is 11.8 Å². The smallest absolute Gasteiger partial charge is 0.310 e. The Hall–Kier alpha value is -2.12. The van der Waals surface area contributed by atoms with Crippen LogP contribution in [0.5, 0.6) is 0 Å². The topological polar surface area (TPSA) is 82.3 Å². The number of aryl methyl sites for hydroxylation is 1. The summed E-state index contributed by atoms with van der Waals surface area (Å²) in [7, 11) is 0. The van der Waals surface area contributed by atoms with Crippen LogP contribution in [0.25, 0.3) is 0 Å². The van der Waals surface area contributed by atoms with Gasteiger partial charge in [0.25, 0.3) is 12.1 Å². The van der Waals surface area contributed by atoms with Crippen molar-refractivity contribution in [1.29, 1.82) is 0 Å². The first-order valence-corrected chi connectivity index (χ1v) is 5.45. The average Bonchev–Trinajstić information content (AvgIpc) is 2.28. The fourth-order valence-electron chi connectivity index (χ4n) is 1.63. The van der Waals surface area contributed by atoms with Crippen molar-refractivity contribution in [3.05, 3.63) is 33.1 Å². The number of carbonyl (C=O) groups is 1. The van der Waals surface area contributed by atoms with Gasteiger partial charge in [-0.1, -0.05) is 0 Å². The fourth-order valence-corrected chi connectivity index (χ4v) is 1.63. The Morgan fingerprint density at radius 2 is 2.21 bits per heavy atom. The Labute approximate surface area is 107 Å². The van der Waals surface area contributed by atoms with Crippen molar-refractivity contribution >= 4 is 11.7 Å². The van der Waals surface area contributed by atoms with Gasteiger partial charge in [-0.15, -0.1) is 0 Å². The number of alkyl halides is 2. The number of hydrogen-bond donors (Lipinski definition) is 0. The minimum atomic E-state index is -2.95. The highest BCUT2D eigenvalue weighted by Crippen LogP contribution is 2.31. The number of hydrogen-bond acceptors (Lipinski definition) is 5. The molecule has 1 heterocycles. The number of ether oxygens (including phenoxy) is 1. The lowest BCUT2D eigenvalue weighted by Gasteiger charge is -2.10. The highest BCUT2D eigenvalue weighted by Gasteiger charge is 2.28. The third kappa shape index (κ3) is 3.43. The van der Waals surface area contributed by atoms with E-state index in [0.29, 0.717) is 0 Å². The molecule has 0 aliphatic carbocycles. The maximum atomic E-state index is 12.8. The summed E-state index contributed by atoms with van der Waals surface area (Å²) in [6.45, 7) is 2.95. The van der Waals surface area contributed by atoms with Gasteiger partial charge in [-0.05, 0) is 13.8 Å². The number of nitro groups is 1. The second kappa shape index (κ2) is 6.17. The van der Waals surface area contributed by atoms with Gasteiger partial charge in [0.2, 0.25) is 0 Å². The standard InChI is InChI=1S/C11H12F2N2O4/c1-3-19-9(16)4-7-8(11(12)13)5-14-6(2)10(7)15(17)18/h5,11H,3-4H2,1-2H3. The predicted octanol–water partition coefficient (Wildman–Crippen LogP) is 2.34. The minimum absolute atomic E-state index is 0.0197. The summed E-state index contributed by atoms with van der Waals surface area (Å²) in [6, 6.07) is 0. The first-order chi connectivity index (χ1) is 8.88. The predicted molar refractivity (Wildman–Crippen MR) is 60.9 cm³/mol. The van der Waals surface area contributed by atoms with Gasteiger partial charge in [0.15, 0.2) is 0 Å². The molecule has 6 nitrogen and oxygen atoms in total. The molecule has 0 aliphatic rings. The van der Waals surface area contributed by atoms with Crippen LogP contribution in [-0.2, 0) is 16.0 Å². The minimum Gasteiger partial charge on any atom is -0.466 e. The number of aromatic nitrogens is 1. The lowest BCUT2D eigenvalue weighted by atomic mass is 10.0. The third-order valence-corrected chi connectivity index (χ3v) is 2.42. The number of pyridine rings is 1. The van der Waals surface area contributed by atoms with E-state index in [2.05, 4.69) is 9.72 Å². The number of esters is 1. The lowest BCUT2D eigenvalue weighted by molar-refractivity contribution is -0.386. The summed E-state index contributed by atoms with van der Waals surface area (Å²) in [4.78, 5) is 25.0. The molecule has 0 fully saturated rings. The SMILES string of the molecule is CCOC(=O)Cc1c(C(F)F)cnc(C)c1[N+](=O)[O-]. The van der Waals surface area contributed by atoms with E-state index in [1.165, 1.54) is 6.92 Å². The molecule has 1 aromatic rings. The second-order valence-electron chi connectivity index (χ2n) is 3.67. The number of carbonyl (C=O) groups excluding carboxylic acids is 1. The number of nitrogens with zero attached hydrogens (tertiary/aromatic N) is 2. The van der Waals surface area contributed by atoms with Crippen molar-refractivity contribution in [1.82, 2.24) is 4.98 Å². The zero-order valence-electron chi connectivity index (χ0n) is 10.4. The van der Waals surface area contributed by atoms with E-state index in [1.54, 1.807) is 6.92 Å².